The molecule has 3 rings (SSSR count). The smallest absolute Gasteiger partial charge is 0.262 e. The molecule has 2 aliphatic rings. The predicted molar refractivity (Wildman–Crippen MR) is 102 cm³/mol. The van der Waals surface area contributed by atoms with E-state index in [-0.39, 0.29) is 35.9 Å². The lowest BCUT2D eigenvalue weighted by molar-refractivity contribution is -0.384. The van der Waals surface area contributed by atoms with Crippen molar-refractivity contribution in [2.45, 2.75) is 37.8 Å². The summed E-state index contributed by atoms with van der Waals surface area (Å²) in [5, 5.41) is 5.27. The summed E-state index contributed by atoms with van der Waals surface area (Å²) >= 11 is 5.59. The maximum atomic E-state index is 13.3. The number of hydroxylamine groups is 1. The zero-order valence-corrected chi connectivity index (χ0v) is 16.5. The zero-order chi connectivity index (χ0) is 20.8. The molecule has 2 unspecified atom stereocenters. The average molecular weight is 428 g/mol. The SMILES string of the molecule is C=C(CCNC(=O)C1CC(C2CC2)NOO1)NC(=O)COc1ccc(Cl)c(F)c1. The second-order valence-electron chi connectivity index (χ2n) is 7.02. The molecule has 158 valence electrons. The summed E-state index contributed by atoms with van der Waals surface area (Å²) in [6.45, 7) is 3.72. The van der Waals surface area contributed by atoms with E-state index >= 15 is 0 Å². The maximum Gasteiger partial charge on any atom is 0.262 e. The first kappa shape index (κ1) is 21.5. The predicted octanol–water partition coefficient (Wildman–Crippen LogP) is 2.00. The van der Waals surface area contributed by atoms with E-state index in [1.54, 1.807) is 0 Å². The molecule has 1 aromatic carbocycles. The van der Waals surface area contributed by atoms with Crippen molar-refractivity contribution in [2.24, 2.45) is 5.92 Å². The van der Waals surface area contributed by atoms with Crippen LogP contribution in [0.25, 0.3) is 0 Å². The van der Waals surface area contributed by atoms with E-state index in [9.17, 15) is 14.0 Å². The number of amides is 2. The molecule has 1 aliphatic heterocycles. The van der Waals surface area contributed by atoms with Crippen molar-refractivity contribution in [3.63, 3.8) is 0 Å². The van der Waals surface area contributed by atoms with Crippen LogP contribution in [0.2, 0.25) is 5.02 Å². The standard InChI is InChI=1S/C19H23ClFN3O5/c1-11(23-18(25)10-27-13-4-5-14(20)15(21)8-13)6-7-22-19(26)17-9-16(12-2-3-12)24-29-28-17/h4-5,8,12,16-17,24H,1-3,6-7,9-10H2,(H,22,26)(H,23,25). The number of benzene rings is 1. The molecule has 1 aromatic rings. The third-order valence-electron chi connectivity index (χ3n) is 4.62. The van der Waals surface area contributed by atoms with Crippen molar-refractivity contribution >= 4 is 23.4 Å². The summed E-state index contributed by atoms with van der Waals surface area (Å²) in [6.07, 6.45) is 2.48. The van der Waals surface area contributed by atoms with Gasteiger partial charge in [0.1, 0.15) is 11.6 Å². The van der Waals surface area contributed by atoms with Gasteiger partial charge in [-0.05, 0) is 30.9 Å². The Morgan fingerprint density at radius 1 is 1.38 bits per heavy atom. The number of hydrogen-bond donors (Lipinski definition) is 3. The molecular weight excluding hydrogens is 405 g/mol. The first-order chi connectivity index (χ1) is 13.9. The normalized spacial score (nSPS) is 21.3. The molecule has 0 spiro atoms. The van der Waals surface area contributed by atoms with E-state index in [2.05, 4.69) is 22.7 Å². The molecule has 0 bridgehead atoms. The van der Waals surface area contributed by atoms with Gasteiger partial charge >= 0.3 is 0 Å². The molecule has 1 saturated heterocycles. The minimum Gasteiger partial charge on any atom is -0.484 e. The largest absolute Gasteiger partial charge is 0.484 e. The van der Waals surface area contributed by atoms with Gasteiger partial charge in [0.05, 0.1) is 5.02 Å². The number of halogens is 2. The quantitative estimate of drug-likeness (QED) is 0.521. The Morgan fingerprint density at radius 3 is 2.90 bits per heavy atom. The third kappa shape index (κ3) is 6.67. The van der Waals surface area contributed by atoms with Crippen LogP contribution in [0, 0.1) is 11.7 Å². The van der Waals surface area contributed by atoms with Gasteiger partial charge in [0, 0.05) is 37.2 Å². The monoisotopic (exact) mass is 427 g/mol. The van der Waals surface area contributed by atoms with Crippen LogP contribution in [-0.4, -0.2) is 37.1 Å². The number of carbonyl (C=O) groups excluding carboxylic acids is 2. The van der Waals surface area contributed by atoms with Gasteiger partial charge in [0.2, 0.25) is 0 Å². The molecule has 2 fully saturated rings. The van der Waals surface area contributed by atoms with Gasteiger partial charge in [0.15, 0.2) is 12.7 Å². The molecule has 2 amide bonds. The fourth-order valence-corrected chi connectivity index (χ4v) is 2.98. The lowest BCUT2D eigenvalue weighted by Crippen LogP contribution is -2.48. The highest BCUT2D eigenvalue weighted by atomic mass is 35.5. The lowest BCUT2D eigenvalue weighted by Gasteiger charge is -2.27. The van der Waals surface area contributed by atoms with Crippen molar-refractivity contribution in [2.75, 3.05) is 13.2 Å². The number of hydrogen-bond acceptors (Lipinski definition) is 6. The molecule has 8 nitrogen and oxygen atoms in total. The van der Waals surface area contributed by atoms with Crippen LogP contribution in [0.4, 0.5) is 4.39 Å². The molecule has 1 aliphatic carbocycles. The summed E-state index contributed by atoms with van der Waals surface area (Å²) in [5.41, 5.74) is 3.20. The zero-order valence-electron chi connectivity index (χ0n) is 15.7. The van der Waals surface area contributed by atoms with Crippen LogP contribution in [0.3, 0.4) is 0 Å². The summed E-state index contributed by atoms with van der Waals surface area (Å²) in [5.74, 6) is -0.621. The molecule has 2 atom stereocenters. The van der Waals surface area contributed by atoms with Crippen LogP contribution in [-0.2, 0) is 19.5 Å². The number of ether oxygens (including phenoxy) is 1. The lowest BCUT2D eigenvalue weighted by atomic mass is 10.0. The van der Waals surface area contributed by atoms with Crippen LogP contribution >= 0.6 is 11.6 Å². The fraction of sp³-hybridized carbons (Fsp3) is 0.474. The Bertz CT molecular complexity index is 774. The first-order valence-corrected chi connectivity index (χ1v) is 9.71. The molecule has 0 aromatic heterocycles. The molecule has 0 radical (unpaired) electrons. The Hall–Kier alpha value is -2.20. The number of nitrogens with one attached hydrogen (secondary N) is 3. The molecule has 1 heterocycles. The van der Waals surface area contributed by atoms with Gasteiger partial charge in [-0.15, -0.1) is 4.99 Å². The highest BCUT2D eigenvalue weighted by Gasteiger charge is 2.38. The van der Waals surface area contributed by atoms with Gasteiger partial charge in [-0.25, -0.2) is 9.28 Å². The van der Waals surface area contributed by atoms with Gasteiger partial charge in [-0.2, -0.15) is 5.48 Å². The Balaban J connectivity index is 1.31. The van der Waals surface area contributed by atoms with Gasteiger partial charge in [0.25, 0.3) is 11.8 Å². The molecule has 3 N–H and O–H groups in total. The van der Waals surface area contributed by atoms with Crippen molar-refractivity contribution in [1.29, 1.82) is 0 Å². The third-order valence-corrected chi connectivity index (χ3v) is 4.92. The minimum atomic E-state index is -0.669. The Labute approximate surface area is 172 Å². The maximum absolute atomic E-state index is 13.3. The van der Waals surface area contributed by atoms with E-state index < -0.39 is 17.8 Å². The Morgan fingerprint density at radius 2 is 2.17 bits per heavy atom. The summed E-state index contributed by atoms with van der Waals surface area (Å²) < 4.78 is 18.5. The van der Waals surface area contributed by atoms with E-state index in [1.807, 2.05) is 0 Å². The molecule has 10 heteroatoms. The number of carbonyl (C=O) groups is 2. The van der Waals surface area contributed by atoms with Crippen molar-refractivity contribution in [3.8, 4) is 5.75 Å². The van der Waals surface area contributed by atoms with Crippen molar-refractivity contribution in [1.82, 2.24) is 16.1 Å². The summed E-state index contributed by atoms with van der Waals surface area (Å²) in [6, 6.07) is 4.03. The molecule has 29 heavy (non-hydrogen) atoms. The van der Waals surface area contributed by atoms with Crippen LogP contribution in [0.15, 0.2) is 30.5 Å². The number of rotatable bonds is 9. The topological polar surface area (TPSA) is 97.9 Å². The van der Waals surface area contributed by atoms with E-state index in [0.717, 1.165) is 18.9 Å². The van der Waals surface area contributed by atoms with Crippen LogP contribution in [0.5, 0.6) is 5.75 Å². The van der Waals surface area contributed by atoms with Crippen LogP contribution < -0.4 is 20.9 Å². The molecule has 1 saturated carbocycles. The highest BCUT2D eigenvalue weighted by molar-refractivity contribution is 6.30. The van der Waals surface area contributed by atoms with Crippen LogP contribution in [0.1, 0.15) is 25.7 Å². The van der Waals surface area contributed by atoms with E-state index in [4.69, 9.17) is 26.2 Å². The molecular formula is C19H23ClFN3O5. The van der Waals surface area contributed by atoms with Gasteiger partial charge < -0.3 is 15.4 Å². The second-order valence-corrected chi connectivity index (χ2v) is 7.43. The van der Waals surface area contributed by atoms with E-state index in [0.29, 0.717) is 24.5 Å². The van der Waals surface area contributed by atoms with E-state index in [1.165, 1.54) is 12.1 Å². The van der Waals surface area contributed by atoms with Gasteiger partial charge in [-0.1, -0.05) is 18.2 Å². The average Bonchev–Trinajstić information content (AvgIpc) is 3.54. The van der Waals surface area contributed by atoms with Crippen molar-refractivity contribution in [3.05, 3.63) is 41.3 Å². The summed E-state index contributed by atoms with van der Waals surface area (Å²) in [7, 11) is 0. The fourth-order valence-electron chi connectivity index (χ4n) is 2.87. The highest BCUT2D eigenvalue weighted by Crippen LogP contribution is 2.35. The minimum absolute atomic E-state index is 0.0262. The van der Waals surface area contributed by atoms with Crippen molar-refractivity contribution < 1.29 is 28.6 Å². The van der Waals surface area contributed by atoms with Gasteiger partial charge in [-0.3, -0.25) is 9.59 Å². The second kappa shape index (κ2) is 10.0. The Kier molecular flexibility index (Phi) is 7.43. The first-order valence-electron chi connectivity index (χ1n) is 9.33. The summed E-state index contributed by atoms with van der Waals surface area (Å²) in [4.78, 5) is 33.9.